The van der Waals surface area contributed by atoms with Crippen molar-refractivity contribution in [1.29, 1.82) is 5.26 Å². The van der Waals surface area contributed by atoms with E-state index in [1.54, 1.807) is 0 Å². The van der Waals surface area contributed by atoms with Crippen LogP contribution < -0.4 is 21.6 Å². The fourth-order valence-corrected chi connectivity index (χ4v) is 5.57. The van der Waals surface area contributed by atoms with E-state index in [1.807, 2.05) is 31.2 Å². The van der Waals surface area contributed by atoms with E-state index in [0.717, 1.165) is 31.3 Å². The zero-order chi connectivity index (χ0) is 30.7. The third-order valence-electron chi connectivity index (χ3n) is 7.90. The number of nitriles is 1. The minimum Gasteiger partial charge on any atom is -0.381 e. The lowest BCUT2D eigenvalue weighted by molar-refractivity contribution is 0.0455. The van der Waals surface area contributed by atoms with Gasteiger partial charge in [0.05, 0.1) is 23.8 Å². The Morgan fingerprint density at radius 3 is 2.72 bits per heavy atom. The number of H-pyrrole nitrogens is 2. The second kappa shape index (κ2) is 15.8. The highest BCUT2D eigenvalue weighted by molar-refractivity contribution is 6.32. The largest absolute Gasteiger partial charge is 0.381 e. The van der Waals surface area contributed by atoms with Crippen LogP contribution in [0.4, 0.5) is 5.82 Å². The molecule has 0 radical (unpaired) electrons. The summed E-state index contributed by atoms with van der Waals surface area (Å²) < 4.78 is 11.1. The lowest BCUT2D eigenvalue weighted by atomic mass is 9.82. The Hall–Kier alpha value is -3.50. The van der Waals surface area contributed by atoms with Crippen LogP contribution in [0.5, 0.6) is 0 Å². The van der Waals surface area contributed by atoms with Crippen molar-refractivity contribution < 1.29 is 9.47 Å². The van der Waals surface area contributed by atoms with Gasteiger partial charge in [0.2, 0.25) is 0 Å². The van der Waals surface area contributed by atoms with Crippen LogP contribution in [0.15, 0.2) is 44.9 Å². The number of rotatable bonds is 14. The number of aliphatic imine (C=N–C) groups is 1. The molecule has 2 aromatic rings. The molecule has 1 saturated carbocycles. The summed E-state index contributed by atoms with van der Waals surface area (Å²) in [4.78, 5) is 22.7. The maximum atomic E-state index is 11.1. The molecule has 0 bridgehead atoms. The number of anilines is 1. The van der Waals surface area contributed by atoms with Gasteiger partial charge in [-0.15, -0.1) is 0 Å². The predicted molar refractivity (Wildman–Crippen MR) is 168 cm³/mol. The van der Waals surface area contributed by atoms with Crippen LogP contribution in [-0.4, -0.2) is 71.4 Å². The van der Waals surface area contributed by atoms with Crippen LogP contribution in [0.1, 0.15) is 63.9 Å². The molecule has 43 heavy (non-hydrogen) atoms. The Kier molecular flexibility index (Phi) is 11.9. The molecule has 1 atom stereocenters. The van der Waals surface area contributed by atoms with Crippen molar-refractivity contribution in [2.75, 3.05) is 31.7 Å². The molecule has 0 spiro atoms. The minimum atomic E-state index is -0.454. The molecule has 1 aliphatic heterocycles. The fourth-order valence-electron chi connectivity index (χ4n) is 5.42. The predicted octanol–water partition coefficient (Wildman–Crippen LogP) is 3.83. The monoisotopic (exact) mass is 611 g/mol. The SMILES string of the molecule is C=N/C(=C\C(=C(/C)Cl)c1cccc(NCC2(C#N)CCOCC2)n1)NC1CCC(NC(C)COCc2n[nH]c(=O)[nH]2)CC1. The zero-order valence-electron chi connectivity index (χ0n) is 24.9. The normalized spacial score (nSPS) is 21.8. The second-order valence-corrected chi connectivity index (χ2v) is 11.9. The zero-order valence-corrected chi connectivity index (χ0v) is 25.7. The number of hydrogen-bond donors (Lipinski definition) is 5. The van der Waals surface area contributed by atoms with E-state index < -0.39 is 5.41 Å². The molecule has 13 heteroatoms. The quantitative estimate of drug-likeness (QED) is 0.158. The van der Waals surface area contributed by atoms with Crippen molar-refractivity contribution in [1.82, 2.24) is 30.8 Å². The summed E-state index contributed by atoms with van der Waals surface area (Å²) in [6.45, 7) is 10.2. The minimum absolute atomic E-state index is 0.171. The Morgan fingerprint density at radius 1 is 1.33 bits per heavy atom. The van der Waals surface area contributed by atoms with Gasteiger partial charge in [-0.1, -0.05) is 17.7 Å². The Balaban J connectivity index is 1.28. The third kappa shape index (κ3) is 9.76. The summed E-state index contributed by atoms with van der Waals surface area (Å²) in [6.07, 6.45) is 7.29. The lowest BCUT2D eigenvalue weighted by Crippen LogP contribution is -2.44. The molecular weight excluding hydrogens is 570 g/mol. The number of nitrogens with one attached hydrogen (secondary N) is 5. The van der Waals surface area contributed by atoms with E-state index in [-0.39, 0.29) is 24.4 Å². The maximum Gasteiger partial charge on any atom is 0.340 e. The molecule has 1 saturated heterocycles. The van der Waals surface area contributed by atoms with Crippen molar-refractivity contribution in [3.63, 3.8) is 0 Å². The topological polar surface area (TPSA) is 165 Å². The van der Waals surface area contributed by atoms with Gasteiger partial charge in [0.25, 0.3) is 0 Å². The lowest BCUT2D eigenvalue weighted by Gasteiger charge is -2.32. The van der Waals surface area contributed by atoms with Gasteiger partial charge in [-0.3, -0.25) is 4.98 Å². The molecule has 4 rings (SSSR count). The average Bonchev–Trinajstić information content (AvgIpc) is 3.44. The van der Waals surface area contributed by atoms with Crippen molar-refractivity contribution in [2.24, 2.45) is 10.4 Å². The van der Waals surface area contributed by atoms with E-state index >= 15 is 0 Å². The average molecular weight is 612 g/mol. The van der Waals surface area contributed by atoms with Gasteiger partial charge in [0, 0.05) is 48.5 Å². The van der Waals surface area contributed by atoms with Gasteiger partial charge in [-0.05, 0) is 77.3 Å². The van der Waals surface area contributed by atoms with Gasteiger partial charge < -0.3 is 25.4 Å². The smallest absolute Gasteiger partial charge is 0.340 e. The molecule has 2 fully saturated rings. The van der Waals surface area contributed by atoms with Gasteiger partial charge in [0.1, 0.15) is 18.2 Å². The van der Waals surface area contributed by atoms with Crippen molar-refractivity contribution in [3.8, 4) is 6.07 Å². The first kappa shape index (κ1) is 32.4. The number of halogens is 1. The molecular formula is C30H42ClN9O3. The molecule has 3 heterocycles. The Bertz CT molecular complexity index is 1360. The van der Waals surface area contributed by atoms with Crippen LogP contribution in [-0.2, 0) is 16.1 Å². The number of aromatic nitrogens is 4. The van der Waals surface area contributed by atoms with Crippen LogP contribution in [0.2, 0.25) is 0 Å². The number of pyridine rings is 1. The first-order valence-corrected chi connectivity index (χ1v) is 15.2. The van der Waals surface area contributed by atoms with E-state index in [9.17, 15) is 10.1 Å². The highest BCUT2D eigenvalue weighted by atomic mass is 35.5. The number of allylic oxidation sites excluding steroid dienone is 3. The summed E-state index contributed by atoms with van der Waals surface area (Å²) in [7, 11) is 0. The van der Waals surface area contributed by atoms with E-state index in [1.165, 1.54) is 0 Å². The molecule has 2 aromatic heterocycles. The molecule has 12 nitrogen and oxygen atoms in total. The molecule has 232 valence electrons. The Labute approximate surface area is 257 Å². The van der Waals surface area contributed by atoms with Gasteiger partial charge >= 0.3 is 5.69 Å². The molecule has 2 aliphatic rings. The number of ether oxygens (including phenoxy) is 2. The highest BCUT2D eigenvalue weighted by Crippen LogP contribution is 2.30. The summed E-state index contributed by atoms with van der Waals surface area (Å²) in [5.74, 6) is 1.82. The van der Waals surface area contributed by atoms with E-state index in [2.05, 4.69) is 55.8 Å². The standard InChI is InChI=1S/C30H42ClN9O3/c1-20(16-43-17-28-38-29(41)40-39-28)35-22-7-9-23(10-8-22)36-27(33-3)15-24(21(2)31)25-5-4-6-26(37-25)34-19-30(18-32)11-13-42-14-12-30/h4-6,15,20,22-23,35-36H,3,7-14,16-17,19H2,1-2H3,(H,34,37)(H2,38,39,40,41)/b24-21-,27-15+. The summed E-state index contributed by atoms with van der Waals surface area (Å²) >= 11 is 6.55. The first-order chi connectivity index (χ1) is 20.8. The number of hydrogen-bond acceptors (Lipinski definition) is 10. The van der Waals surface area contributed by atoms with Crippen LogP contribution in [0.3, 0.4) is 0 Å². The Morgan fingerprint density at radius 2 is 2.07 bits per heavy atom. The van der Waals surface area contributed by atoms with Crippen molar-refractivity contribution in [3.05, 3.63) is 57.1 Å². The molecule has 5 N–H and O–H groups in total. The number of aromatic amines is 2. The van der Waals surface area contributed by atoms with Crippen LogP contribution in [0.25, 0.3) is 5.57 Å². The molecule has 0 amide bonds. The van der Waals surface area contributed by atoms with Gasteiger partial charge in [-0.25, -0.2) is 19.9 Å². The molecule has 1 aliphatic carbocycles. The van der Waals surface area contributed by atoms with Gasteiger partial charge in [-0.2, -0.15) is 10.4 Å². The fraction of sp³-hybridized carbons (Fsp3) is 0.567. The van der Waals surface area contributed by atoms with E-state index in [0.29, 0.717) is 73.4 Å². The number of nitrogens with zero attached hydrogens (tertiary/aromatic N) is 4. The van der Waals surface area contributed by atoms with Gasteiger partial charge in [0.15, 0.2) is 5.82 Å². The first-order valence-electron chi connectivity index (χ1n) is 14.8. The summed E-state index contributed by atoms with van der Waals surface area (Å²) in [6, 6.07) is 9.04. The van der Waals surface area contributed by atoms with E-state index in [4.69, 9.17) is 26.1 Å². The van der Waals surface area contributed by atoms with Crippen LogP contribution in [0, 0.1) is 16.7 Å². The highest BCUT2D eigenvalue weighted by Gasteiger charge is 2.32. The summed E-state index contributed by atoms with van der Waals surface area (Å²) in [5.41, 5.74) is 0.676. The maximum absolute atomic E-state index is 11.1. The van der Waals surface area contributed by atoms with Crippen molar-refractivity contribution >= 4 is 29.7 Å². The van der Waals surface area contributed by atoms with Crippen molar-refractivity contribution in [2.45, 2.75) is 77.1 Å². The molecule has 1 unspecified atom stereocenters. The van der Waals surface area contributed by atoms with Crippen LogP contribution >= 0.6 is 11.6 Å². The third-order valence-corrected chi connectivity index (χ3v) is 8.10. The summed E-state index contributed by atoms with van der Waals surface area (Å²) in [5, 5.41) is 27.1. The molecule has 0 aromatic carbocycles. The second-order valence-electron chi connectivity index (χ2n) is 11.3.